The number of aromatic nitrogens is 2. The molecule has 0 aliphatic heterocycles. The third-order valence-corrected chi connectivity index (χ3v) is 7.20. The maximum Gasteiger partial charge on any atom is 0.273 e. The number of amides is 1. The van der Waals surface area contributed by atoms with E-state index in [-0.39, 0.29) is 39.4 Å². The van der Waals surface area contributed by atoms with E-state index in [1.54, 1.807) is 0 Å². The van der Waals surface area contributed by atoms with Gasteiger partial charge in [-0.05, 0) is 34.8 Å². The van der Waals surface area contributed by atoms with Crippen molar-refractivity contribution in [3.8, 4) is 0 Å². The Hall–Kier alpha value is -1.63. The van der Waals surface area contributed by atoms with Crippen molar-refractivity contribution in [1.29, 1.82) is 0 Å². The number of aromatic amines is 1. The summed E-state index contributed by atoms with van der Waals surface area (Å²) in [6, 6.07) is 0.688. The fourth-order valence-electron chi connectivity index (χ4n) is 3.24. The van der Waals surface area contributed by atoms with Gasteiger partial charge in [0, 0.05) is 29.4 Å². The number of hydrogen-bond donors (Lipinski definition) is 3. The summed E-state index contributed by atoms with van der Waals surface area (Å²) in [5, 5.41) is 2.18. The van der Waals surface area contributed by atoms with Crippen LogP contribution in [0.1, 0.15) is 28.9 Å². The molecule has 0 saturated heterocycles. The van der Waals surface area contributed by atoms with Gasteiger partial charge in [0.05, 0.1) is 29.8 Å². The van der Waals surface area contributed by atoms with Gasteiger partial charge >= 0.3 is 0 Å². The van der Waals surface area contributed by atoms with Gasteiger partial charge in [0.2, 0.25) is 10.0 Å². The van der Waals surface area contributed by atoms with Gasteiger partial charge in [0.1, 0.15) is 10.3 Å². The summed E-state index contributed by atoms with van der Waals surface area (Å²) in [4.78, 5) is 18.6. The molecule has 0 unspecified atom stereocenters. The molecule has 1 aliphatic carbocycles. The van der Waals surface area contributed by atoms with Crippen LogP contribution >= 0.6 is 27.5 Å². The van der Waals surface area contributed by atoms with Crippen molar-refractivity contribution in [3.05, 3.63) is 45.2 Å². The SMILES string of the molecule is O=C(Nc1ccnc(Br)c1F)c1[nH]cc(CS(=O)(=O)NC2CC(CF)(CF)C2)c1Cl. The zero-order chi connectivity index (χ0) is 22.1. The minimum atomic E-state index is -3.87. The first-order valence-corrected chi connectivity index (χ1v) is 11.5. The number of hydrogen-bond acceptors (Lipinski definition) is 4. The van der Waals surface area contributed by atoms with Crippen molar-refractivity contribution in [2.45, 2.75) is 24.6 Å². The number of nitrogens with zero attached hydrogens (tertiary/aromatic N) is 1. The molecular weight excluding hydrogens is 513 g/mol. The quantitative estimate of drug-likeness (QED) is 0.453. The first kappa shape index (κ1) is 23.0. The Bertz CT molecular complexity index is 1050. The topological polar surface area (TPSA) is 104 Å². The van der Waals surface area contributed by atoms with E-state index < -0.39 is 52.3 Å². The minimum absolute atomic E-state index is 0.0702. The second-order valence-electron chi connectivity index (χ2n) is 7.17. The number of carbonyl (C=O) groups is 1. The molecule has 2 heterocycles. The number of H-pyrrole nitrogens is 1. The second kappa shape index (κ2) is 8.85. The number of nitrogens with one attached hydrogen (secondary N) is 3. The molecule has 1 amide bonds. The lowest BCUT2D eigenvalue weighted by Crippen LogP contribution is -2.53. The maximum atomic E-state index is 14.0. The molecule has 30 heavy (non-hydrogen) atoms. The highest BCUT2D eigenvalue weighted by molar-refractivity contribution is 9.10. The molecule has 1 saturated carbocycles. The first-order chi connectivity index (χ1) is 14.1. The third-order valence-electron chi connectivity index (χ3n) is 4.83. The minimum Gasteiger partial charge on any atom is -0.356 e. The molecule has 7 nitrogen and oxygen atoms in total. The van der Waals surface area contributed by atoms with Gasteiger partial charge < -0.3 is 10.3 Å². The third kappa shape index (κ3) is 4.82. The van der Waals surface area contributed by atoms with Crippen LogP contribution < -0.4 is 10.0 Å². The van der Waals surface area contributed by atoms with Crippen LogP contribution in [0.2, 0.25) is 5.02 Å². The summed E-state index contributed by atoms with van der Waals surface area (Å²) in [7, 11) is -3.87. The van der Waals surface area contributed by atoms with Gasteiger partial charge in [-0.25, -0.2) is 22.5 Å². The van der Waals surface area contributed by atoms with Gasteiger partial charge in [-0.1, -0.05) is 11.6 Å². The van der Waals surface area contributed by atoms with Crippen molar-refractivity contribution in [2.75, 3.05) is 18.7 Å². The van der Waals surface area contributed by atoms with Crippen LogP contribution in [-0.2, 0) is 15.8 Å². The van der Waals surface area contributed by atoms with Crippen LogP contribution in [-0.4, -0.2) is 43.7 Å². The number of alkyl halides is 2. The Morgan fingerprint density at radius 1 is 1.37 bits per heavy atom. The fraction of sp³-hybridized carbons (Fsp3) is 0.412. The summed E-state index contributed by atoms with van der Waals surface area (Å²) < 4.78 is 66.7. The highest BCUT2D eigenvalue weighted by Gasteiger charge is 2.46. The molecule has 164 valence electrons. The van der Waals surface area contributed by atoms with Gasteiger partial charge in [0.25, 0.3) is 5.91 Å². The molecule has 0 spiro atoms. The standard InChI is InChI=1S/C17H17BrClF3N4O3S/c18-15-13(22)11(1-2-23-15)25-16(27)14-12(19)9(5-24-14)6-30(28,29)26-10-3-17(4-10,7-20)8-21/h1-2,5,10,24,26H,3-4,6-8H2,(H,23,25,27). The molecular formula is C17H17BrClF3N4O3S. The van der Waals surface area contributed by atoms with Gasteiger partial charge in [-0.15, -0.1) is 0 Å². The molecule has 13 heteroatoms. The molecule has 3 N–H and O–H groups in total. The maximum absolute atomic E-state index is 14.0. The summed E-state index contributed by atoms with van der Waals surface area (Å²) in [6.07, 6.45) is 2.68. The predicted octanol–water partition coefficient (Wildman–Crippen LogP) is 3.72. The normalized spacial score (nSPS) is 16.3. The molecule has 0 atom stereocenters. The molecule has 2 aromatic rings. The number of pyridine rings is 1. The number of anilines is 1. The number of sulfonamides is 1. The van der Waals surface area contributed by atoms with Crippen molar-refractivity contribution >= 4 is 49.1 Å². The van der Waals surface area contributed by atoms with E-state index >= 15 is 0 Å². The highest BCUT2D eigenvalue weighted by Crippen LogP contribution is 2.42. The average Bonchev–Trinajstić information content (AvgIpc) is 3.01. The molecule has 0 bridgehead atoms. The van der Waals surface area contributed by atoms with Crippen molar-refractivity contribution < 1.29 is 26.4 Å². The van der Waals surface area contributed by atoms with Gasteiger partial charge in [-0.3, -0.25) is 13.6 Å². The Balaban J connectivity index is 1.66. The molecule has 0 radical (unpaired) electrons. The fourth-order valence-corrected chi connectivity index (χ4v) is 5.31. The van der Waals surface area contributed by atoms with Crippen molar-refractivity contribution in [2.24, 2.45) is 5.41 Å². The van der Waals surface area contributed by atoms with Crippen molar-refractivity contribution in [3.63, 3.8) is 0 Å². The van der Waals surface area contributed by atoms with E-state index in [1.807, 2.05) is 0 Å². The summed E-state index contributed by atoms with van der Waals surface area (Å²) in [5.41, 5.74) is -1.28. The molecule has 2 aromatic heterocycles. The van der Waals surface area contributed by atoms with E-state index in [2.05, 4.69) is 35.9 Å². The Morgan fingerprint density at radius 3 is 2.67 bits per heavy atom. The summed E-state index contributed by atoms with van der Waals surface area (Å²) >= 11 is 9.04. The zero-order valence-corrected chi connectivity index (χ0v) is 18.5. The van der Waals surface area contributed by atoms with Crippen LogP contribution in [0.5, 0.6) is 0 Å². The Kier molecular flexibility index (Phi) is 6.80. The predicted molar refractivity (Wildman–Crippen MR) is 109 cm³/mol. The Labute approximate surface area is 184 Å². The average molecular weight is 530 g/mol. The molecule has 0 aromatic carbocycles. The van der Waals surface area contributed by atoms with E-state index in [4.69, 9.17) is 11.6 Å². The monoisotopic (exact) mass is 528 g/mol. The van der Waals surface area contributed by atoms with Crippen LogP contribution in [0.15, 0.2) is 23.1 Å². The van der Waals surface area contributed by atoms with Gasteiger partial charge in [0.15, 0.2) is 5.82 Å². The largest absolute Gasteiger partial charge is 0.356 e. The lowest BCUT2D eigenvalue weighted by atomic mass is 9.67. The lowest BCUT2D eigenvalue weighted by molar-refractivity contribution is 0.0334. The van der Waals surface area contributed by atoms with Crippen LogP contribution in [0, 0.1) is 11.2 Å². The van der Waals surface area contributed by atoms with E-state index in [0.29, 0.717) is 0 Å². The molecule has 1 aliphatic rings. The van der Waals surface area contributed by atoms with Crippen LogP contribution in [0.4, 0.5) is 18.9 Å². The van der Waals surface area contributed by atoms with Gasteiger partial charge in [-0.2, -0.15) is 0 Å². The lowest BCUT2D eigenvalue weighted by Gasteiger charge is -2.44. The van der Waals surface area contributed by atoms with E-state index in [1.165, 1.54) is 18.5 Å². The van der Waals surface area contributed by atoms with E-state index in [9.17, 15) is 26.4 Å². The van der Waals surface area contributed by atoms with Crippen LogP contribution in [0.3, 0.4) is 0 Å². The zero-order valence-electron chi connectivity index (χ0n) is 15.3. The number of halogens is 5. The summed E-state index contributed by atoms with van der Waals surface area (Å²) in [6.45, 7) is -1.70. The van der Waals surface area contributed by atoms with E-state index in [0.717, 1.165) is 0 Å². The van der Waals surface area contributed by atoms with Crippen LogP contribution in [0.25, 0.3) is 0 Å². The first-order valence-electron chi connectivity index (χ1n) is 8.69. The van der Waals surface area contributed by atoms with Crippen molar-refractivity contribution in [1.82, 2.24) is 14.7 Å². The second-order valence-corrected chi connectivity index (χ2v) is 10.1. The smallest absolute Gasteiger partial charge is 0.273 e. The summed E-state index contributed by atoms with van der Waals surface area (Å²) in [5.74, 6) is -2.10. The molecule has 1 fully saturated rings. The number of carbonyl (C=O) groups excluding carboxylic acids is 1. The number of rotatable bonds is 8. The highest BCUT2D eigenvalue weighted by atomic mass is 79.9. The Morgan fingerprint density at radius 2 is 2.03 bits per heavy atom. The molecule has 3 rings (SSSR count).